The van der Waals surface area contributed by atoms with Gasteiger partial charge in [-0.1, -0.05) is 11.6 Å². The lowest BCUT2D eigenvalue weighted by Crippen LogP contribution is -2.30. The molecule has 1 aliphatic heterocycles. The fraction of sp³-hybridized carbons (Fsp3) is 0.529. The standard InChI is InChI=1S/C15H22N2OS2.C2H4O/c1-11-4-5-14(18)13(8-11)15-16-12(10-20-15)9-17(2)6-7-19-3;1-2-3/h4-5,8,12,18H,6-7,9-10H2,1-3H3;2H,1H3/t12-;/m1./s1. The van der Waals surface area contributed by atoms with Crippen LogP contribution >= 0.6 is 23.5 Å². The molecule has 0 radical (unpaired) electrons. The number of benzene rings is 1. The van der Waals surface area contributed by atoms with E-state index in [-0.39, 0.29) is 0 Å². The van der Waals surface area contributed by atoms with Gasteiger partial charge in [-0.15, -0.1) is 11.8 Å². The Hall–Kier alpha value is -0.980. The maximum absolute atomic E-state index is 9.97. The normalized spacial score (nSPS) is 16.7. The topological polar surface area (TPSA) is 52.9 Å². The van der Waals surface area contributed by atoms with Crippen molar-refractivity contribution in [3.63, 3.8) is 0 Å². The van der Waals surface area contributed by atoms with Crippen LogP contribution in [-0.2, 0) is 4.79 Å². The Morgan fingerprint density at radius 1 is 1.52 bits per heavy atom. The Kier molecular flexibility index (Phi) is 9.36. The maximum atomic E-state index is 9.97. The van der Waals surface area contributed by atoms with E-state index in [0.29, 0.717) is 11.8 Å². The summed E-state index contributed by atoms with van der Waals surface area (Å²) < 4.78 is 0. The van der Waals surface area contributed by atoms with Crippen LogP contribution in [0.15, 0.2) is 23.2 Å². The molecular formula is C17H26N2O2S2. The molecule has 0 spiro atoms. The molecular weight excluding hydrogens is 328 g/mol. The molecule has 2 rings (SSSR count). The molecule has 1 heterocycles. The number of rotatable bonds is 6. The summed E-state index contributed by atoms with van der Waals surface area (Å²) >= 11 is 3.62. The van der Waals surface area contributed by atoms with Crippen molar-refractivity contribution in [2.45, 2.75) is 19.9 Å². The lowest BCUT2D eigenvalue weighted by atomic mass is 10.1. The van der Waals surface area contributed by atoms with Gasteiger partial charge in [-0.3, -0.25) is 4.99 Å². The highest BCUT2D eigenvalue weighted by Crippen LogP contribution is 2.29. The van der Waals surface area contributed by atoms with E-state index in [1.807, 2.05) is 30.8 Å². The quantitative estimate of drug-likeness (QED) is 0.796. The van der Waals surface area contributed by atoms with Crippen molar-refractivity contribution in [2.75, 3.05) is 37.9 Å². The van der Waals surface area contributed by atoms with Gasteiger partial charge in [0.1, 0.15) is 17.1 Å². The Morgan fingerprint density at radius 3 is 2.87 bits per heavy atom. The Bertz CT molecular complexity index is 535. The number of likely N-dealkylation sites (N-methyl/N-ethyl adjacent to an activating group) is 1. The highest BCUT2D eigenvalue weighted by molar-refractivity contribution is 8.14. The van der Waals surface area contributed by atoms with Crippen LogP contribution in [0, 0.1) is 6.92 Å². The van der Waals surface area contributed by atoms with Crippen LogP contribution < -0.4 is 0 Å². The molecule has 1 aromatic rings. The molecule has 0 amide bonds. The second-order valence-corrected chi connectivity index (χ2v) is 7.40. The summed E-state index contributed by atoms with van der Waals surface area (Å²) in [6.45, 7) is 5.57. The van der Waals surface area contributed by atoms with E-state index >= 15 is 0 Å². The highest BCUT2D eigenvalue weighted by atomic mass is 32.2. The average molecular weight is 355 g/mol. The molecule has 128 valence electrons. The SMILES string of the molecule is CC=O.CSCCN(C)C[C@@H]1CSC(c2cc(C)ccc2O)=N1. The molecule has 23 heavy (non-hydrogen) atoms. The maximum Gasteiger partial charge on any atom is 0.125 e. The van der Waals surface area contributed by atoms with Gasteiger partial charge >= 0.3 is 0 Å². The van der Waals surface area contributed by atoms with Gasteiger partial charge in [0.25, 0.3) is 0 Å². The molecule has 0 fully saturated rings. The van der Waals surface area contributed by atoms with Gasteiger partial charge in [-0.05, 0) is 39.3 Å². The minimum Gasteiger partial charge on any atom is -0.507 e. The third-order valence-corrected chi connectivity index (χ3v) is 5.04. The number of aliphatic imine (C=N–C) groups is 1. The number of aldehydes is 1. The summed E-state index contributed by atoms with van der Waals surface area (Å²) in [6, 6.07) is 6.03. The molecule has 0 aromatic heterocycles. The van der Waals surface area contributed by atoms with Gasteiger partial charge in [0.05, 0.1) is 6.04 Å². The van der Waals surface area contributed by atoms with Crippen LogP contribution in [0.1, 0.15) is 18.1 Å². The highest BCUT2D eigenvalue weighted by Gasteiger charge is 2.22. The van der Waals surface area contributed by atoms with Crippen molar-refractivity contribution in [2.24, 2.45) is 4.99 Å². The van der Waals surface area contributed by atoms with Gasteiger partial charge in [-0.25, -0.2) is 0 Å². The molecule has 0 saturated heterocycles. The molecule has 0 unspecified atom stereocenters. The number of hydrogen-bond donors (Lipinski definition) is 1. The first kappa shape index (κ1) is 20.1. The summed E-state index contributed by atoms with van der Waals surface area (Å²) in [5.41, 5.74) is 2.03. The molecule has 1 N–H and O–H groups in total. The van der Waals surface area contributed by atoms with Crippen LogP contribution in [-0.4, -0.2) is 65.3 Å². The molecule has 4 nitrogen and oxygen atoms in total. The summed E-state index contributed by atoms with van der Waals surface area (Å²) in [5.74, 6) is 2.50. The molecule has 0 bridgehead atoms. The van der Waals surface area contributed by atoms with E-state index in [1.54, 1.807) is 17.8 Å². The first-order valence-corrected chi connectivity index (χ1v) is 9.97. The van der Waals surface area contributed by atoms with Gasteiger partial charge in [0, 0.05) is 30.2 Å². The summed E-state index contributed by atoms with van der Waals surface area (Å²) in [7, 11) is 2.15. The van der Waals surface area contributed by atoms with E-state index in [2.05, 4.69) is 18.2 Å². The summed E-state index contributed by atoms with van der Waals surface area (Å²) in [4.78, 5) is 15.9. The van der Waals surface area contributed by atoms with Crippen molar-refractivity contribution in [1.82, 2.24) is 4.90 Å². The summed E-state index contributed by atoms with van der Waals surface area (Å²) in [6.07, 6.45) is 2.88. The first-order valence-electron chi connectivity index (χ1n) is 7.59. The van der Waals surface area contributed by atoms with E-state index in [1.165, 1.54) is 6.92 Å². The largest absolute Gasteiger partial charge is 0.507 e. The van der Waals surface area contributed by atoms with Gasteiger partial charge in [0.2, 0.25) is 0 Å². The number of carbonyl (C=O) groups is 1. The number of aromatic hydroxyl groups is 1. The first-order chi connectivity index (χ1) is 11.0. The zero-order chi connectivity index (χ0) is 17.2. The molecule has 0 aliphatic carbocycles. The van der Waals surface area contributed by atoms with Crippen molar-refractivity contribution >= 4 is 34.9 Å². The van der Waals surface area contributed by atoms with Gasteiger partial charge < -0.3 is 14.8 Å². The molecule has 6 heteroatoms. The Balaban J connectivity index is 0.000000816. The van der Waals surface area contributed by atoms with Crippen LogP contribution in [0.5, 0.6) is 5.75 Å². The smallest absolute Gasteiger partial charge is 0.125 e. The number of phenolic OH excluding ortho intramolecular Hbond substituents is 1. The zero-order valence-electron chi connectivity index (χ0n) is 14.3. The number of phenols is 1. The molecule has 0 saturated carbocycles. The Labute approximate surface area is 147 Å². The fourth-order valence-electron chi connectivity index (χ4n) is 2.18. The second-order valence-electron chi connectivity index (χ2n) is 5.41. The number of carbonyl (C=O) groups excluding carboxylic acids is 1. The predicted octanol–water partition coefficient (Wildman–Crippen LogP) is 3.06. The third-order valence-electron chi connectivity index (χ3n) is 3.29. The van der Waals surface area contributed by atoms with Crippen LogP contribution in [0.25, 0.3) is 0 Å². The van der Waals surface area contributed by atoms with Gasteiger partial charge in [-0.2, -0.15) is 11.8 Å². The lowest BCUT2D eigenvalue weighted by Gasteiger charge is -2.18. The number of thioether (sulfide) groups is 2. The van der Waals surface area contributed by atoms with E-state index in [0.717, 1.165) is 47.1 Å². The van der Waals surface area contributed by atoms with Crippen LogP contribution in [0.3, 0.4) is 0 Å². The average Bonchev–Trinajstić information content (AvgIpc) is 2.96. The minimum atomic E-state index is 0.332. The monoisotopic (exact) mass is 354 g/mol. The number of aryl methyl sites for hydroxylation is 1. The van der Waals surface area contributed by atoms with E-state index in [9.17, 15) is 5.11 Å². The minimum absolute atomic E-state index is 0.332. The van der Waals surface area contributed by atoms with E-state index in [4.69, 9.17) is 9.79 Å². The van der Waals surface area contributed by atoms with Crippen molar-refractivity contribution in [3.8, 4) is 5.75 Å². The number of nitrogens with zero attached hydrogens (tertiary/aromatic N) is 2. The number of hydrogen-bond acceptors (Lipinski definition) is 6. The lowest BCUT2D eigenvalue weighted by molar-refractivity contribution is -0.106. The molecule has 1 aromatic carbocycles. The van der Waals surface area contributed by atoms with Crippen molar-refractivity contribution in [3.05, 3.63) is 29.3 Å². The molecule has 1 atom stereocenters. The van der Waals surface area contributed by atoms with Crippen LogP contribution in [0.2, 0.25) is 0 Å². The van der Waals surface area contributed by atoms with Crippen molar-refractivity contribution in [1.29, 1.82) is 0 Å². The summed E-state index contributed by atoms with van der Waals surface area (Å²) in [5, 5.41) is 11.0. The molecule has 1 aliphatic rings. The second kappa shape index (κ2) is 10.7. The van der Waals surface area contributed by atoms with Crippen molar-refractivity contribution < 1.29 is 9.90 Å². The van der Waals surface area contributed by atoms with E-state index < -0.39 is 0 Å². The zero-order valence-corrected chi connectivity index (χ0v) is 15.9. The predicted molar refractivity (Wildman–Crippen MR) is 103 cm³/mol. The fourth-order valence-corrected chi connectivity index (χ4v) is 3.74. The van der Waals surface area contributed by atoms with Crippen LogP contribution in [0.4, 0.5) is 0 Å². The third kappa shape index (κ3) is 6.97. The van der Waals surface area contributed by atoms with Gasteiger partial charge in [0.15, 0.2) is 0 Å². The Morgan fingerprint density at radius 2 is 2.22 bits per heavy atom.